The van der Waals surface area contributed by atoms with Gasteiger partial charge in [-0.1, -0.05) is 12.1 Å². The van der Waals surface area contributed by atoms with Crippen LogP contribution in [0.25, 0.3) is 0 Å². The molecule has 0 spiro atoms. The molecule has 10 heavy (non-hydrogen) atoms. The molecule has 3 nitrogen and oxygen atoms in total. The molecule has 0 saturated carbocycles. The first-order valence-corrected chi connectivity index (χ1v) is 4.50. The zero-order chi connectivity index (χ0) is 7.82. The fourth-order valence-electron chi connectivity index (χ4n) is 0.550. The molecule has 0 aliphatic heterocycles. The fraction of sp³-hybridized carbons (Fsp3) is 0.833. The molecule has 0 rings (SSSR count). The molecular formula is C6H14N2OS. The van der Waals surface area contributed by atoms with E-state index in [1.807, 2.05) is 11.8 Å². The van der Waals surface area contributed by atoms with Crippen LogP contribution in [0.3, 0.4) is 0 Å². The van der Waals surface area contributed by atoms with Crippen molar-refractivity contribution in [1.29, 1.82) is 0 Å². The number of rotatable bonds is 5. The van der Waals surface area contributed by atoms with E-state index in [9.17, 15) is 0 Å². The molecule has 0 aromatic rings. The van der Waals surface area contributed by atoms with Crippen molar-refractivity contribution < 1.29 is 5.21 Å². The molecule has 60 valence electrons. The van der Waals surface area contributed by atoms with Crippen LogP contribution in [-0.4, -0.2) is 22.5 Å². The van der Waals surface area contributed by atoms with Gasteiger partial charge >= 0.3 is 0 Å². The van der Waals surface area contributed by atoms with Gasteiger partial charge in [-0.05, 0) is 17.9 Å². The highest BCUT2D eigenvalue weighted by Gasteiger charge is 1.91. The van der Waals surface area contributed by atoms with Crippen LogP contribution < -0.4 is 5.73 Å². The smallest absolute Gasteiger partial charge is 0.139 e. The van der Waals surface area contributed by atoms with E-state index in [-0.39, 0.29) is 0 Å². The average molecular weight is 162 g/mol. The van der Waals surface area contributed by atoms with E-state index in [1.165, 1.54) is 0 Å². The minimum absolute atomic E-state index is 0.330. The van der Waals surface area contributed by atoms with Crippen molar-refractivity contribution in [2.75, 3.05) is 11.5 Å². The first-order valence-electron chi connectivity index (χ1n) is 3.35. The molecule has 0 atom stereocenters. The van der Waals surface area contributed by atoms with E-state index in [1.54, 1.807) is 0 Å². The zero-order valence-corrected chi connectivity index (χ0v) is 7.02. The standard InChI is InChI=1S/C6H14N2OS/c1-2-10-5-3-4-6(7)8-9/h9H,2-5H2,1H3,(H2,7,8). The molecule has 4 heteroatoms. The summed E-state index contributed by atoms with van der Waals surface area (Å²) in [7, 11) is 0. The van der Waals surface area contributed by atoms with E-state index in [2.05, 4.69) is 12.1 Å². The maximum Gasteiger partial charge on any atom is 0.139 e. The second-order valence-electron chi connectivity index (χ2n) is 1.89. The lowest BCUT2D eigenvalue weighted by Crippen LogP contribution is -2.11. The third-order valence-corrected chi connectivity index (χ3v) is 2.04. The van der Waals surface area contributed by atoms with Crippen LogP contribution in [0.2, 0.25) is 0 Å². The second kappa shape index (κ2) is 6.74. The van der Waals surface area contributed by atoms with Gasteiger partial charge in [-0.2, -0.15) is 11.8 Å². The molecule has 0 radical (unpaired) electrons. The summed E-state index contributed by atoms with van der Waals surface area (Å²) in [5, 5.41) is 11.0. The molecule has 0 aromatic carbocycles. The average Bonchev–Trinajstić information content (AvgIpc) is 1.98. The van der Waals surface area contributed by atoms with Crippen LogP contribution >= 0.6 is 11.8 Å². The number of amidine groups is 1. The van der Waals surface area contributed by atoms with Gasteiger partial charge in [0.25, 0.3) is 0 Å². The maximum absolute atomic E-state index is 8.15. The van der Waals surface area contributed by atoms with Gasteiger partial charge in [-0.3, -0.25) is 0 Å². The first-order chi connectivity index (χ1) is 4.81. The quantitative estimate of drug-likeness (QED) is 0.210. The number of thioether (sulfide) groups is 1. The lowest BCUT2D eigenvalue weighted by Gasteiger charge is -1.96. The highest BCUT2D eigenvalue weighted by atomic mass is 32.2. The van der Waals surface area contributed by atoms with Crippen LogP contribution in [0.15, 0.2) is 5.16 Å². The van der Waals surface area contributed by atoms with Crippen molar-refractivity contribution in [1.82, 2.24) is 0 Å². The molecule has 0 amide bonds. The van der Waals surface area contributed by atoms with E-state index < -0.39 is 0 Å². The normalized spacial score (nSPS) is 11.9. The van der Waals surface area contributed by atoms with Crippen molar-refractivity contribution in [3.8, 4) is 0 Å². The maximum atomic E-state index is 8.15. The van der Waals surface area contributed by atoms with Gasteiger partial charge in [0.2, 0.25) is 0 Å². The second-order valence-corrected chi connectivity index (χ2v) is 3.29. The Morgan fingerprint density at radius 2 is 2.40 bits per heavy atom. The molecule has 0 fully saturated rings. The van der Waals surface area contributed by atoms with E-state index in [0.29, 0.717) is 12.3 Å². The van der Waals surface area contributed by atoms with Crippen LogP contribution in [0.1, 0.15) is 19.8 Å². The molecular weight excluding hydrogens is 148 g/mol. The summed E-state index contributed by atoms with van der Waals surface area (Å²) in [5.41, 5.74) is 5.25. The highest BCUT2D eigenvalue weighted by molar-refractivity contribution is 7.99. The molecule has 3 N–H and O–H groups in total. The largest absolute Gasteiger partial charge is 0.409 e. The summed E-state index contributed by atoms with van der Waals surface area (Å²) in [4.78, 5) is 0. The van der Waals surface area contributed by atoms with E-state index in [4.69, 9.17) is 10.9 Å². The Morgan fingerprint density at radius 1 is 1.70 bits per heavy atom. The van der Waals surface area contributed by atoms with E-state index >= 15 is 0 Å². The van der Waals surface area contributed by atoms with Gasteiger partial charge in [0.05, 0.1) is 0 Å². The third kappa shape index (κ3) is 5.75. The molecule has 0 aliphatic rings. The Bertz CT molecular complexity index is 106. The fourth-order valence-corrected chi connectivity index (χ4v) is 1.19. The Hall–Kier alpha value is -0.380. The van der Waals surface area contributed by atoms with Crippen molar-refractivity contribution in [2.24, 2.45) is 10.9 Å². The van der Waals surface area contributed by atoms with Crippen LogP contribution in [0, 0.1) is 0 Å². The predicted molar refractivity (Wildman–Crippen MR) is 45.6 cm³/mol. The molecule has 0 heterocycles. The number of hydrogen-bond acceptors (Lipinski definition) is 3. The molecule has 0 aliphatic carbocycles. The Labute approximate surface area is 65.7 Å². The first kappa shape index (κ1) is 9.62. The Kier molecular flexibility index (Phi) is 6.48. The monoisotopic (exact) mass is 162 g/mol. The molecule has 0 aromatic heterocycles. The highest BCUT2D eigenvalue weighted by Crippen LogP contribution is 2.02. The van der Waals surface area contributed by atoms with Gasteiger partial charge in [-0.25, -0.2) is 0 Å². The van der Waals surface area contributed by atoms with E-state index in [0.717, 1.165) is 17.9 Å². The molecule has 0 bridgehead atoms. The van der Waals surface area contributed by atoms with Crippen LogP contribution in [-0.2, 0) is 0 Å². The number of nitrogens with two attached hydrogens (primary N) is 1. The van der Waals surface area contributed by atoms with Gasteiger partial charge in [-0.15, -0.1) is 0 Å². The molecule has 0 saturated heterocycles. The van der Waals surface area contributed by atoms with Crippen molar-refractivity contribution in [3.63, 3.8) is 0 Å². The SMILES string of the molecule is CCSCCC/C(N)=N/O. The Balaban J connectivity index is 3.04. The van der Waals surface area contributed by atoms with Gasteiger partial charge < -0.3 is 10.9 Å². The summed E-state index contributed by atoms with van der Waals surface area (Å²) >= 11 is 1.87. The lowest BCUT2D eigenvalue weighted by atomic mass is 10.3. The zero-order valence-electron chi connectivity index (χ0n) is 6.21. The number of nitrogens with zero attached hydrogens (tertiary/aromatic N) is 1. The van der Waals surface area contributed by atoms with Gasteiger partial charge in [0.15, 0.2) is 0 Å². The van der Waals surface area contributed by atoms with Gasteiger partial charge in [0.1, 0.15) is 5.84 Å². The van der Waals surface area contributed by atoms with Crippen molar-refractivity contribution in [3.05, 3.63) is 0 Å². The minimum Gasteiger partial charge on any atom is -0.409 e. The predicted octanol–water partition coefficient (Wildman–Crippen LogP) is 1.27. The summed E-state index contributed by atoms with van der Waals surface area (Å²) < 4.78 is 0. The minimum atomic E-state index is 0.330. The summed E-state index contributed by atoms with van der Waals surface area (Å²) in [6.45, 7) is 2.12. The summed E-state index contributed by atoms with van der Waals surface area (Å²) in [5.74, 6) is 2.56. The number of hydrogen-bond donors (Lipinski definition) is 2. The third-order valence-electron chi connectivity index (χ3n) is 1.05. The van der Waals surface area contributed by atoms with Crippen molar-refractivity contribution >= 4 is 17.6 Å². The van der Waals surface area contributed by atoms with Crippen molar-refractivity contribution in [2.45, 2.75) is 19.8 Å². The molecule has 0 unspecified atom stereocenters. The topological polar surface area (TPSA) is 58.6 Å². The van der Waals surface area contributed by atoms with Crippen LogP contribution in [0.4, 0.5) is 0 Å². The lowest BCUT2D eigenvalue weighted by molar-refractivity contribution is 0.317. The van der Waals surface area contributed by atoms with Crippen LogP contribution in [0.5, 0.6) is 0 Å². The van der Waals surface area contributed by atoms with Gasteiger partial charge in [0, 0.05) is 6.42 Å². The summed E-state index contributed by atoms with van der Waals surface area (Å²) in [6.07, 6.45) is 1.69. The number of oxime groups is 1. The summed E-state index contributed by atoms with van der Waals surface area (Å²) in [6, 6.07) is 0. The Morgan fingerprint density at radius 3 is 2.90 bits per heavy atom.